The van der Waals surface area contributed by atoms with Crippen molar-refractivity contribution in [3.8, 4) is 5.75 Å². The van der Waals surface area contributed by atoms with Gasteiger partial charge in [0.2, 0.25) is 0 Å². The van der Waals surface area contributed by atoms with Crippen LogP contribution in [0.1, 0.15) is 27.4 Å². The van der Waals surface area contributed by atoms with E-state index in [0.717, 1.165) is 11.3 Å². The summed E-state index contributed by atoms with van der Waals surface area (Å²) in [5.41, 5.74) is 3.03. The molecule has 1 amide bonds. The predicted octanol–water partition coefficient (Wildman–Crippen LogP) is 2.90. The molecule has 0 fully saturated rings. The average Bonchev–Trinajstić information content (AvgIpc) is 2.89. The quantitative estimate of drug-likeness (QED) is 0.928. The van der Waals surface area contributed by atoms with Crippen LogP contribution >= 0.6 is 0 Å². The van der Waals surface area contributed by atoms with Crippen LogP contribution in [-0.2, 0) is 0 Å². The molecule has 20 heavy (non-hydrogen) atoms. The summed E-state index contributed by atoms with van der Waals surface area (Å²) in [6.07, 6.45) is 0. The standard InChI is InChI=1S/C17H17NO2/c1-12-6-8-13(9-7-12)17(19)18-10-14-11-20-16-5-3-2-4-15(14)16/h2-9,14H,10-11H2,1H3,(H,18,19). The number of aryl methyl sites for hydroxylation is 1. The van der Waals surface area contributed by atoms with Gasteiger partial charge >= 0.3 is 0 Å². The first kappa shape index (κ1) is 12.7. The molecule has 2 aromatic rings. The van der Waals surface area contributed by atoms with E-state index in [9.17, 15) is 4.79 Å². The maximum absolute atomic E-state index is 12.1. The largest absolute Gasteiger partial charge is 0.493 e. The van der Waals surface area contributed by atoms with Crippen LogP contribution in [0.25, 0.3) is 0 Å². The molecule has 0 saturated heterocycles. The van der Waals surface area contributed by atoms with Gasteiger partial charge in [-0.2, -0.15) is 0 Å². The Balaban J connectivity index is 1.63. The number of ether oxygens (including phenoxy) is 1. The van der Waals surface area contributed by atoms with Crippen molar-refractivity contribution in [2.24, 2.45) is 0 Å². The number of nitrogens with one attached hydrogen (secondary N) is 1. The van der Waals surface area contributed by atoms with Gasteiger partial charge in [-0.25, -0.2) is 0 Å². The minimum atomic E-state index is -0.0330. The SMILES string of the molecule is Cc1ccc(C(=O)NCC2COc3ccccc32)cc1. The summed E-state index contributed by atoms with van der Waals surface area (Å²) in [6, 6.07) is 15.6. The second kappa shape index (κ2) is 5.37. The van der Waals surface area contributed by atoms with Crippen molar-refractivity contribution in [3.05, 3.63) is 65.2 Å². The van der Waals surface area contributed by atoms with Gasteiger partial charge in [-0.15, -0.1) is 0 Å². The zero-order valence-electron chi connectivity index (χ0n) is 11.4. The molecular weight excluding hydrogens is 250 g/mol. The van der Waals surface area contributed by atoms with Gasteiger partial charge < -0.3 is 10.1 Å². The molecule has 0 bridgehead atoms. The van der Waals surface area contributed by atoms with E-state index in [2.05, 4.69) is 11.4 Å². The molecule has 3 rings (SSSR count). The summed E-state index contributed by atoms with van der Waals surface area (Å²) in [7, 11) is 0. The Bertz CT molecular complexity index is 619. The van der Waals surface area contributed by atoms with Crippen LogP contribution in [0.15, 0.2) is 48.5 Å². The maximum atomic E-state index is 12.1. The highest BCUT2D eigenvalue weighted by molar-refractivity contribution is 5.94. The van der Waals surface area contributed by atoms with Crippen LogP contribution in [0.4, 0.5) is 0 Å². The molecule has 0 saturated carbocycles. The second-order valence-corrected chi connectivity index (χ2v) is 5.12. The predicted molar refractivity (Wildman–Crippen MR) is 78.2 cm³/mol. The van der Waals surface area contributed by atoms with Crippen LogP contribution in [-0.4, -0.2) is 19.1 Å². The van der Waals surface area contributed by atoms with Gasteiger partial charge in [0, 0.05) is 23.6 Å². The average molecular weight is 267 g/mol. The molecule has 0 aromatic heterocycles. The van der Waals surface area contributed by atoms with Gasteiger partial charge in [0.15, 0.2) is 0 Å². The van der Waals surface area contributed by atoms with Crippen molar-refractivity contribution in [2.75, 3.05) is 13.2 Å². The molecule has 0 spiro atoms. The zero-order valence-corrected chi connectivity index (χ0v) is 11.4. The number of hydrogen-bond donors (Lipinski definition) is 1. The van der Waals surface area contributed by atoms with E-state index in [1.54, 1.807) is 0 Å². The molecule has 1 unspecified atom stereocenters. The Morgan fingerprint density at radius 3 is 2.75 bits per heavy atom. The highest BCUT2D eigenvalue weighted by atomic mass is 16.5. The Morgan fingerprint density at radius 1 is 1.20 bits per heavy atom. The smallest absolute Gasteiger partial charge is 0.251 e. The highest BCUT2D eigenvalue weighted by Crippen LogP contribution is 2.32. The third kappa shape index (κ3) is 2.52. The summed E-state index contributed by atoms with van der Waals surface area (Å²) in [4.78, 5) is 12.1. The summed E-state index contributed by atoms with van der Waals surface area (Å²) >= 11 is 0. The lowest BCUT2D eigenvalue weighted by molar-refractivity contribution is 0.0950. The van der Waals surface area contributed by atoms with E-state index in [-0.39, 0.29) is 11.8 Å². The molecule has 1 aliphatic heterocycles. The minimum absolute atomic E-state index is 0.0330. The number of fused-ring (bicyclic) bond motifs is 1. The van der Waals surface area contributed by atoms with E-state index in [0.29, 0.717) is 18.7 Å². The third-order valence-electron chi connectivity index (χ3n) is 3.62. The van der Waals surface area contributed by atoms with Gasteiger partial charge in [-0.05, 0) is 25.1 Å². The zero-order chi connectivity index (χ0) is 13.9. The van der Waals surface area contributed by atoms with Crippen molar-refractivity contribution < 1.29 is 9.53 Å². The molecule has 102 valence electrons. The van der Waals surface area contributed by atoms with E-state index >= 15 is 0 Å². The fourth-order valence-corrected chi connectivity index (χ4v) is 2.42. The van der Waals surface area contributed by atoms with E-state index in [1.807, 2.05) is 49.4 Å². The Morgan fingerprint density at radius 2 is 1.95 bits per heavy atom. The Hall–Kier alpha value is -2.29. The molecule has 3 heteroatoms. The minimum Gasteiger partial charge on any atom is -0.493 e. The number of amides is 1. The summed E-state index contributed by atoms with van der Waals surface area (Å²) in [6.45, 7) is 3.24. The van der Waals surface area contributed by atoms with Crippen LogP contribution in [0, 0.1) is 6.92 Å². The van der Waals surface area contributed by atoms with Gasteiger partial charge in [-0.1, -0.05) is 35.9 Å². The normalized spacial score (nSPS) is 16.4. The molecule has 1 N–H and O–H groups in total. The first-order chi connectivity index (χ1) is 9.74. The fourth-order valence-electron chi connectivity index (χ4n) is 2.42. The van der Waals surface area contributed by atoms with Gasteiger partial charge in [-0.3, -0.25) is 4.79 Å². The van der Waals surface area contributed by atoms with E-state index < -0.39 is 0 Å². The first-order valence-electron chi connectivity index (χ1n) is 6.80. The molecule has 1 atom stereocenters. The molecule has 1 heterocycles. The highest BCUT2D eigenvalue weighted by Gasteiger charge is 2.23. The second-order valence-electron chi connectivity index (χ2n) is 5.12. The molecule has 0 radical (unpaired) electrons. The molecule has 1 aliphatic rings. The lowest BCUT2D eigenvalue weighted by atomic mass is 10.0. The monoisotopic (exact) mass is 267 g/mol. The van der Waals surface area contributed by atoms with Gasteiger partial charge in [0.05, 0.1) is 6.61 Å². The first-order valence-corrected chi connectivity index (χ1v) is 6.80. The van der Waals surface area contributed by atoms with Crippen LogP contribution in [0.5, 0.6) is 5.75 Å². The van der Waals surface area contributed by atoms with Crippen molar-refractivity contribution in [1.29, 1.82) is 0 Å². The summed E-state index contributed by atoms with van der Waals surface area (Å²) in [5, 5.41) is 2.98. The van der Waals surface area contributed by atoms with Crippen molar-refractivity contribution in [1.82, 2.24) is 5.32 Å². The lowest BCUT2D eigenvalue weighted by Gasteiger charge is -2.10. The number of rotatable bonds is 3. The third-order valence-corrected chi connectivity index (χ3v) is 3.62. The van der Waals surface area contributed by atoms with E-state index in [4.69, 9.17) is 4.74 Å². The molecular formula is C17H17NO2. The summed E-state index contributed by atoms with van der Waals surface area (Å²) < 4.78 is 5.61. The molecule has 2 aromatic carbocycles. The number of carbonyl (C=O) groups is 1. The number of para-hydroxylation sites is 1. The summed E-state index contributed by atoms with van der Waals surface area (Å²) in [5.74, 6) is 1.14. The lowest BCUT2D eigenvalue weighted by Crippen LogP contribution is -2.28. The van der Waals surface area contributed by atoms with Crippen molar-refractivity contribution in [2.45, 2.75) is 12.8 Å². The van der Waals surface area contributed by atoms with Crippen LogP contribution < -0.4 is 10.1 Å². The van der Waals surface area contributed by atoms with Crippen LogP contribution in [0.3, 0.4) is 0 Å². The van der Waals surface area contributed by atoms with Crippen molar-refractivity contribution in [3.63, 3.8) is 0 Å². The maximum Gasteiger partial charge on any atom is 0.251 e. The topological polar surface area (TPSA) is 38.3 Å². The Kier molecular flexibility index (Phi) is 3.42. The van der Waals surface area contributed by atoms with Crippen molar-refractivity contribution >= 4 is 5.91 Å². The number of benzene rings is 2. The number of hydrogen-bond acceptors (Lipinski definition) is 2. The van der Waals surface area contributed by atoms with Gasteiger partial charge in [0.25, 0.3) is 5.91 Å². The molecule has 0 aliphatic carbocycles. The number of carbonyl (C=O) groups excluding carboxylic acids is 1. The molecule has 3 nitrogen and oxygen atoms in total. The Labute approximate surface area is 118 Å². The van der Waals surface area contributed by atoms with Crippen LogP contribution in [0.2, 0.25) is 0 Å². The van der Waals surface area contributed by atoms with Gasteiger partial charge in [0.1, 0.15) is 5.75 Å². The van der Waals surface area contributed by atoms with E-state index in [1.165, 1.54) is 5.56 Å². The fraction of sp³-hybridized carbons (Fsp3) is 0.235.